The highest BCUT2D eigenvalue weighted by Gasteiger charge is 2.23. The SMILES string of the molecule is C=C=CC(C)(C)NS(=O)(=O)c1ccc(C)cc1. The molecule has 1 aromatic rings. The van der Waals surface area contributed by atoms with Gasteiger partial charge in [-0.05, 0) is 39.0 Å². The van der Waals surface area contributed by atoms with Crippen LogP contribution in [0.5, 0.6) is 0 Å². The quantitative estimate of drug-likeness (QED) is 0.835. The van der Waals surface area contributed by atoms with E-state index >= 15 is 0 Å². The van der Waals surface area contributed by atoms with Crippen molar-refractivity contribution in [2.45, 2.75) is 31.2 Å². The van der Waals surface area contributed by atoms with Gasteiger partial charge in [0.15, 0.2) is 0 Å². The zero-order valence-corrected chi connectivity index (χ0v) is 11.1. The van der Waals surface area contributed by atoms with Gasteiger partial charge in [-0.1, -0.05) is 24.3 Å². The monoisotopic (exact) mass is 251 g/mol. The third kappa shape index (κ3) is 3.86. The molecule has 3 nitrogen and oxygen atoms in total. The number of hydrogen-bond acceptors (Lipinski definition) is 2. The van der Waals surface area contributed by atoms with Gasteiger partial charge in [0.05, 0.1) is 10.4 Å². The van der Waals surface area contributed by atoms with Crippen LogP contribution in [-0.4, -0.2) is 14.0 Å². The summed E-state index contributed by atoms with van der Waals surface area (Å²) < 4.78 is 26.7. The predicted molar refractivity (Wildman–Crippen MR) is 69.3 cm³/mol. The molecule has 0 unspecified atom stereocenters. The lowest BCUT2D eigenvalue weighted by atomic mass is 10.1. The first-order valence-corrected chi connectivity index (χ1v) is 6.73. The van der Waals surface area contributed by atoms with Gasteiger partial charge in [-0.3, -0.25) is 0 Å². The van der Waals surface area contributed by atoms with Crippen molar-refractivity contribution in [2.75, 3.05) is 0 Å². The van der Waals surface area contributed by atoms with E-state index in [0.717, 1.165) is 5.56 Å². The van der Waals surface area contributed by atoms with Crippen molar-refractivity contribution in [1.29, 1.82) is 0 Å². The maximum atomic E-state index is 12.1. The molecule has 0 spiro atoms. The van der Waals surface area contributed by atoms with Gasteiger partial charge in [0.25, 0.3) is 0 Å². The van der Waals surface area contributed by atoms with Gasteiger partial charge in [0, 0.05) is 0 Å². The number of sulfonamides is 1. The zero-order chi connectivity index (χ0) is 13.1. The average molecular weight is 251 g/mol. The Morgan fingerprint density at radius 2 is 1.82 bits per heavy atom. The highest BCUT2D eigenvalue weighted by Crippen LogP contribution is 2.14. The van der Waals surface area contributed by atoms with Crippen molar-refractivity contribution in [3.63, 3.8) is 0 Å². The Kier molecular flexibility index (Phi) is 3.94. The summed E-state index contributed by atoms with van der Waals surface area (Å²) in [4.78, 5) is 0.258. The van der Waals surface area contributed by atoms with Gasteiger partial charge < -0.3 is 0 Å². The molecule has 4 heteroatoms. The molecular formula is C13H17NO2S. The fourth-order valence-corrected chi connectivity index (χ4v) is 2.77. The summed E-state index contributed by atoms with van der Waals surface area (Å²) in [6.07, 6.45) is 1.58. The summed E-state index contributed by atoms with van der Waals surface area (Å²) >= 11 is 0. The first kappa shape index (κ1) is 13.7. The van der Waals surface area contributed by atoms with Crippen molar-refractivity contribution in [1.82, 2.24) is 4.72 Å². The summed E-state index contributed by atoms with van der Waals surface area (Å²) in [7, 11) is -3.51. The topological polar surface area (TPSA) is 46.2 Å². The predicted octanol–water partition coefficient (Wildman–Crippen LogP) is 2.39. The van der Waals surface area contributed by atoms with E-state index in [2.05, 4.69) is 17.0 Å². The largest absolute Gasteiger partial charge is 0.241 e. The van der Waals surface area contributed by atoms with Gasteiger partial charge in [0.2, 0.25) is 10.0 Å². The molecule has 0 atom stereocenters. The summed E-state index contributed by atoms with van der Waals surface area (Å²) in [6, 6.07) is 6.71. The van der Waals surface area contributed by atoms with Crippen LogP contribution in [-0.2, 0) is 10.0 Å². The molecule has 0 aliphatic heterocycles. The number of rotatable bonds is 4. The molecule has 0 aliphatic carbocycles. The minimum atomic E-state index is -3.51. The van der Waals surface area contributed by atoms with Crippen molar-refractivity contribution in [3.05, 3.63) is 48.2 Å². The van der Waals surface area contributed by atoms with E-state index in [1.54, 1.807) is 44.2 Å². The van der Waals surface area contributed by atoms with Crippen LogP contribution in [0.15, 0.2) is 47.5 Å². The molecule has 0 heterocycles. The Hall–Kier alpha value is -1.35. The minimum Gasteiger partial charge on any atom is -0.207 e. The van der Waals surface area contributed by atoms with Crippen LogP contribution in [0, 0.1) is 6.92 Å². The molecule has 0 saturated carbocycles. The Balaban J connectivity index is 3.05. The molecule has 0 radical (unpaired) electrons. The molecule has 1 rings (SSSR count). The smallest absolute Gasteiger partial charge is 0.207 e. The molecule has 0 saturated heterocycles. The van der Waals surface area contributed by atoms with E-state index in [9.17, 15) is 8.42 Å². The van der Waals surface area contributed by atoms with E-state index in [-0.39, 0.29) is 4.90 Å². The Morgan fingerprint density at radius 1 is 1.29 bits per heavy atom. The Bertz CT molecular complexity index is 535. The zero-order valence-electron chi connectivity index (χ0n) is 10.3. The maximum absolute atomic E-state index is 12.1. The molecule has 0 bridgehead atoms. The standard InChI is InChI=1S/C13H17NO2S/c1-5-10-13(3,4)14-17(15,16)12-8-6-11(2)7-9-12/h6-10,14H,1H2,2-4H3. The summed E-state index contributed by atoms with van der Waals surface area (Å²) in [5, 5.41) is 0. The number of hydrogen-bond donors (Lipinski definition) is 1. The molecule has 0 fully saturated rings. The molecule has 0 aliphatic rings. The van der Waals surface area contributed by atoms with Gasteiger partial charge in [-0.15, -0.1) is 5.73 Å². The van der Waals surface area contributed by atoms with E-state index in [1.165, 1.54) is 0 Å². The summed E-state index contributed by atoms with van der Waals surface area (Å²) in [6.45, 7) is 8.85. The van der Waals surface area contributed by atoms with Crippen molar-refractivity contribution in [2.24, 2.45) is 0 Å². The highest BCUT2D eigenvalue weighted by molar-refractivity contribution is 7.89. The Labute approximate surface area is 103 Å². The molecule has 92 valence electrons. The second-order valence-corrected chi connectivity index (χ2v) is 6.17. The van der Waals surface area contributed by atoms with Crippen LogP contribution < -0.4 is 4.72 Å². The summed E-state index contributed by atoms with van der Waals surface area (Å²) in [5.74, 6) is 0. The fraction of sp³-hybridized carbons (Fsp3) is 0.308. The van der Waals surface area contributed by atoms with E-state index in [1.807, 2.05) is 6.92 Å². The first-order chi connectivity index (χ1) is 7.77. The van der Waals surface area contributed by atoms with Crippen LogP contribution in [0.1, 0.15) is 19.4 Å². The van der Waals surface area contributed by atoms with Crippen LogP contribution in [0.4, 0.5) is 0 Å². The lowest BCUT2D eigenvalue weighted by Gasteiger charge is -2.21. The van der Waals surface area contributed by atoms with E-state index in [4.69, 9.17) is 0 Å². The highest BCUT2D eigenvalue weighted by atomic mass is 32.2. The fourth-order valence-electron chi connectivity index (χ4n) is 1.41. The van der Waals surface area contributed by atoms with Crippen molar-refractivity contribution in [3.8, 4) is 0 Å². The lowest BCUT2D eigenvalue weighted by molar-refractivity contribution is 0.529. The average Bonchev–Trinajstić information content (AvgIpc) is 2.16. The van der Waals surface area contributed by atoms with Crippen molar-refractivity contribution >= 4 is 10.0 Å². The van der Waals surface area contributed by atoms with Gasteiger partial charge >= 0.3 is 0 Å². The van der Waals surface area contributed by atoms with Crippen LogP contribution >= 0.6 is 0 Å². The Morgan fingerprint density at radius 3 is 2.29 bits per heavy atom. The minimum absolute atomic E-state index is 0.258. The summed E-state index contributed by atoms with van der Waals surface area (Å²) in [5.41, 5.74) is 2.91. The van der Waals surface area contributed by atoms with Gasteiger partial charge in [-0.25, -0.2) is 13.1 Å². The van der Waals surface area contributed by atoms with E-state index in [0.29, 0.717) is 0 Å². The van der Waals surface area contributed by atoms with E-state index < -0.39 is 15.6 Å². The van der Waals surface area contributed by atoms with Gasteiger partial charge in [0.1, 0.15) is 0 Å². The molecule has 1 N–H and O–H groups in total. The lowest BCUT2D eigenvalue weighted by Crippen LogP contribution is -2.41. The molecule has 0 amide bonds. The van der Waals surface area contributed by atoms with Gasteiger partial charge in [-0.2, -0.15) is 0 Å². The van der Waals surface area contributed by atoms with Crippen LogP contribution in [0.25, 0.3) is 0 Å². The third-order valence-corrected chi connectivity index (χ3v) is 3.88. The van der Waals surface area contributed by atoms with Crippen molar-refractivity contribution < 1.29 is 8.42 Å². The second-order valence-electron chi connectivity index (χ2n) is 4.49. The van der Waals surface area contributed by atoms with Crippen LogP contribution in [0.3, 0.4) is 0 Å². The normalized spacial score (nSPS) is 11.9. The molecule has 1 aromatic carbocycles. The number of benzene rings is 1. The second kappa shape index (κ2) is 4.88. The molecular weight excluding hydrogens is 234 g/mol. The number of nitrogens with one attached hydrogen (secondary N) is 1. The molecule has 0 aromatic heterocycles. The third-order valence-electron chi connectivity index (χ3n) is 2.19. The molecule has 17 heavy (non-hydrogen) atoms. The number of aryl methyl sites for hydroxylation is 1. The van der Waals surface area contributed by atoms with Crippen LogP contribution in [0.2, 0.25) is 0 Å². The maximum Gasteiger partial charge on any atom is 0.241 e. The first-order valence-electron chi connectivity index (χ1n) is 5.24.